The lowest BCUT2D eigenvalue weighted by atomic mass is 9.82. The van der Waals surface area contributed by atoms with E-state index in [1.165, 1.54) is 0 Å². The Morgan fingerprint density at radius 2 is 1.71 bits per heavy atom. The van der Waals surface area contributed by atoms with Gasteiger partial charge in [0.1, 0.15) is 0 Å². The molecule has 1 amide bonds. The van der Waals surface area contributed by atoms with Gasteiger partial charge in [-0.15, -0.1) is 0 Å². The number of carboxylic acid groups (broad SMARTS) is 1. The Morgan fingerprint density at radius 3 is 2.04 bits per heavy atom. The monoisotopic (exact) mass is 359 g/mol. The Labute approximate surface area is 148 Å². The third kappa shape index (κ3) is 6.04. The molecule has 0 spiro atoms. The minimum absolute atomic E-state index is 0.00376. The number of hydrogen-bond acceptors (Lipinski definition) is 3. The summed E-state index contributed by atoms with van der Waals surface area (Å²) < 4.78 is 6.55. The van der Waals surface area contributed by atoms with E-state index in [1.807, 2.05) is 20.8 Å². The summed E-state index contributed by atoms with van der Waals surface area (Å²) in [6, 6.07) is -0.377. The van der Waals surface area contributed by atoms with Gasteiger partial charge in [-0.05, 0) is 35.9 Å². The molecule has 142 valence electrons. The van der Waals surface area contributed by atoms with Gasteiger partial charge in [0.2, 0.25) is 0 Å². The van der Waals surface area contributed by atoms with Crippen LogP contribution in [0.15, 0.2) is 0 Å². The molecular formula is C18H37NO4Si. The molecule has 3 atom stereocenters. The summed E-state index contributed by atoms with van der Waals surface area (Å²) in [5, 5.41) is 22.9. The average molecular weight is 360 g/mol. The Bertz CT molecular complexity index is 435. The average Bonchev–Trinajstić information content (AvgIpc) is 3.15. The van der Waals surface area contributed by atoms with E-state index in [-0.39, 0.29) is 16.5 Å². The first-order chi connectivity index (χ1) is 10.6. The second-order valence-electron chi connectivity index (χ2n) is 9.89. The van der Waals surface area contributed by atoms with E-state index >= 15 is 0 Å². The zero-order chi connectivity index (χ0) is 18.9. The molecule has 5 nitrogen and oxygen atoms in total. The van der Waals surface area contributed by atoms with Gasteiger partial charge in [0.15, 0.2) is 8.32 Å². The fourth-order valence-corrected chi connectivity index (χ4v) is 3.85. The molecule has 1 rings (SSSR count). The Kier molecular flexibility index (Phi) is 6.56. The van der Waals surface area contributed by atoms with Crippen molar-refractivity contribution in [3.05, 3.63) is 0 Å². The highest BCUT2D eigenvalue weighted by Gasteiger charge is 2.46. The molecule has 1 aliphatic rings. The van der Waals surface area contributed by atoms with Gasteiger partial charge in [-0.1, -0.05) is 54.4 Å². The van der Waals surface area contributed by atoms with Crippen molar-refractivity contribution in [1.29, 1.82) is 0 Å². The molecule has 0 aromatic rings. The highest BCUT2D eigenvalue weighted by Crippen LogP contribution is 2.41. The van der Waals surface area contributed by atoms with E-state index in [2.05, 4.69) is 39.2 Å². The first-order valence-corrected chi connectivity index (χ1v) is 11.9. The molecular weight excluding hydrogens is 322 g/mol. The van der Waals surface area contributed by atoms with Crippen LogP contribution in [-0.2, 0) is 4.43 Å². The van der Waals surface area contributed by atoms with Gasteiger partial charge in [-0.3, -0.25) is 0 Å². The standard InChI is InChI=1S/C18H37NO4Si/c1-17(2,3)15(20)14(23-24(7,8)18(4,5)6)13(19-16(21)22)11-12-9-10-12/h12-15,19-20H,9-11H2,1-8H3,(H,21,22)/t13-,14-,15?/m0/s1. The van der Waals surface area contributed by atoms with Gasteiger partial charge in [0, 0.05) is 0 Å². The number of hydrogen-bond donors (Lipinski definition) is 3. The van der Waals surface area contributed by atoms with E-state index in [0.29, 0.717) is 5.92 Å². The van der Waals surface area contributed by atoms with Crippen molar-refractivity contribution in [2.24, 2.45) is 11.3 Å². The molecule has 0 aliphatic heterocycles. The van der Waals surface area contributed by atoms with E-state index < -0.39 is 26.6 Å². The van der Waals surface area contributed by atoms with Gasteiger partial charge >= 0.3 is 6.09 Å². The predicted molar refractivity (Wildman–Crippen MR) is 99.8 cm³/mol. The maximum atomic E-state index is 11.3. The number of aliphatic hydroxyl groups is 1. The van der Waals surface area contributed by atoms with Crippen molar-refractivity contribution in [2.75, 3.05) is 0 Å². The largest absolute Gasteiger partial charge is 0.465 e. The number of rotatable bonds is 7. The summed E-state index contributed by atoms with van der Waals surface area (Å²) in [6.45, 7) is 16.6. The van der Waals surface area contributed by atoms with Gasteiger partial charge in [0.25, 0.3) is 0 Å². The molecule has 0 radical (unpaired) electrons. The lowest BCUT2D eigenvalue weighted by molar-refractivity contribution is -0.0542. The first-order valence-electron chi connectivity index (χ1n) is 9.00. The van der Waals surface area contributed by atoms with Crippen LogP contribution in [0.4, 0.5) is 4.79 Å². The van der Waals surface area contributed by atoms with Crippen LogP contribution in [-0.4, -0.2) is 42.9 Å². The third-order valence-electron chi connectivity index (χ3n) is 5.43. The smallest absolute Gasteiger partial charge is 0.404 e. The second kappa shape index (κ2) is 7.34. The number of aliphatic hydroxyl groups excluding tert-OH is 1. The van der Waals surface area contributed by atoms with Crippen LogP contribution in [0.2, 0.25) is 18.1 Å². The fraction of sp³-hybridized carbons (Fsp3) is 0.944. The number of nitrogens with one attached hydrogen (secondary N) is 1. The molecule has 0 aromatic carbocycles. The van der Waals surface area contributed by atoms with Gasteiger partial charge in [-0.2, -0.15) is 0 Å². The number of amides is 1. The summed E-state index contributed by atoms with van der Waals surface area (Å²) in [5.41, 5.74) is -0.380. The minimum Gasteiger partial charge on any atom is -0.465 e. The van der Waals surface area contributed by atoms with Gasteiger partial charge < -0.3 is 20.0 Å². The van der Waals surface area contributed by atoms with E-state index in [4.69, 9.17) is 4.43 Å². The highest BCUT2D eigenvalue weighted by molar-refractivity contribution is 6.74. The first kappa shape index (κ1) is 21.4. The van der Waals surface area contributed by atoms with Crippen LogP contribution in [0.3, 0.4) is 0 Å². The van der Waals surface area contributed by atoms with Gasteiger partial charge in [-0.25, -0.2) is 4.79 Å². The van der Waals surface area contributed by atoms with Crippen LogP contribution in [0.1, 0.15) is 60.8 Å². The fourth-order valence-electron chi connectivity index (χ4n) is 2.52. The van der Waals surface area contributed by atoms with Crippen LogP contribution in [0.25, 0.3) is 0 Å². The summed E-state index contributed by atoms with van der Waals surface area (Å²) >= 11 is 0. The zero-order valence-corrected chi connectivity index (χ0v) is 17.6. The van der Waals surface area contributed by atoms with Crippen LogP contribution in [0, 0.1) is 11.3 Å². The maximum absolute atomic E-state index is 11.3. The molecule has 24 heavy (non-hydrogen) atoms. The summed E-state index contributed by atoms with van der Waals surface area (Å²) in [6.07, 6.45) is 0.695. The van der Waals surface area contributed by atoms with E-state index in [1.54, 1.807) is 0 Å². The second-order valence-corrected chi connectivity index (χ2v) is 14.6. The van der Waals surface area contributed by atoms with E-state index in [9.17, 15) is 15.0 Å². The molecule has 1 fully saturated rings. The Hall–Kier alpha value is -0.593. The summed E-state index contributed by atoms with van der Waals surface area (Å²) in [4.78, 5) is 11.3. The summed E-state index contributed by atoms with van der Waals surface area (Å²) in [5.74, 6) is 0.541. The lowest BCUT2D eigenvalue weighted by Gasteiger charge is -2.45. The van der Waals surface area contributed by atoms with Crippen LogP contribution >= 0.6 is 0 Å². The number of carbonyl (C=O) groups is 1. The van der Waals surface area contributed by atoms with Crippen molar-refractivity contribution in [3.8, 4) is 0 Å². The predicted octanol–water partition coefficient (Wildman–Crippen LogP) is 4.22. The molecule has 0 heterocycles. The summed E-state index contributed by atoms with van der Waals surface area (Å²) in [7, 11) is -2.15. The van der Waals surface area contributed by atoms with Crippen LogP contribution in [0.5, 0.6) is 0 Å². The van der Waals surface area contributed by atoms with Gasteiger partial charge in [0.05, 0.1) is 18.2 Å². The molecule has 1 aliphatic carbocycles. The van der Waals surface area contributed by atoms with Crippen molar-refractivity contribution in [2.45, 2.75) is 97.2 Å². The van der Waals surface area contributed by atoms with Crippen molar-refractivity contribution in [1.82, 2.24) is 5.32 Å². The molecule has 6 heteroatoms. The molecule has 0 aromatic heterocycles. The molecule has 0 bridgehead atoms. The molecule has 1 unspecified atom stereocenters. The SMILES string of the molecule is CC(C)(C)C(O)[C@@H](O[Si](C)(C)C(C)(C)C)[C@H](CC1CC1)NC(=O)O. The maximum Gasteiger partial charge on any atom is 0.404 e. The quantitative estimate of drug-likeness (QED) is 0.595. The lowest BCUT2D eigenvalue weighted by Crippen LogP contribution is -2.58. The van der Waals surface area contributed by atoms with Crippen molar-refractivity contribution >= 4 is 14.4 Å². The normalized spacial score (nSPS) is 20.4. The minimum atomic E-state index is -2.15. The molecule has 3 N–H and O–H groups in total. The van der Waals surface area contributed by atoms with Crippen LogP contribution < -0.4 is 5.32 Å². The topological polar surface area (TPSA) is 78.8 Å². The Balaban J connectivity index is 3.11. The van der Waals surface area contributed by atoms with E-state index in [0.717, 1.165) is 19.3 Å². The van der Waals surface area contributed by atoms with Crippen molar-refractivity contribution in [3.63, 3.8) is 0 Å². The zero-order valence-electron chi connectivity index (χ0n) is 16.6. The van der Waals surface area contributed by atoms with Crippen molar-refractivity contribution < 1.29 is 19.4 Å². The highest BCUT2D eigenvalue weighted by atomic mass is 28.4. The molecule has 1 saturated carbocycles. The molecule has 0 saturated heterocycles. The third-order valence-corrected chi connectivity index (χ3v) is 9.90. The Morgan fingerprint density at radius 1 is 1.21 bits per heavy atom.